The molecule has 2 nitrogen and oxygen atoms in total. The standard InChI is InChI=1S/C13H26N2/c1-13(2)7-4-12(5-8-13)15-9-6-11(10-15)14-3/h11-12,14H,4-10H2,1-3H3/t11-/m0/s1. The Hall–Kier alpha value is -0.0800. The maximum atomic E-state index is 3.41. The predicted octanol–water partition coefficient (Wildman–Crippen LogP) is 2.25. The van der Waals surface area contributed by atoms with Crippen molar-refractivity contribution in [3.8, 4) is 0 Å². The molecule has 1 aliphatic carbocycles. The lowest BCUT2D eigenvalue weighted by atomic mass is 9.75. The Morgan fingerprint density at radius 2 is 1.80 bits per heavy atom. The Labute approximate surface area is 94.4 Å². The molecule has 2 aliphatic rings. The van der Waals surface area contributed by atoms with Crippen molar-refractivity contribution in [3.05, 3.63) is 0 Å². The van der Waals surface area contributed by atoms with Crippen LogP contribution in [0.5, 0.6) is 0 Å². The van der Waals surface area contributed by atoms with Crippen LogP contribution in [-0.4, -0.2) is 37.1 Å². The predicted molar refractivity (Wildman–Crippen MR) is 65.1 cm³/mol. The molecule has 0 aromatic rings. The first kappa shape index (κ1) is 11.4. The van der Waals surface area contributed by atoms with Crippen LogP contribution in [0.3, 0.4) is 0 Å². The zero-order valence-corrected chi connectivity index (χ0v) is 10.6. The number of hydrogen-bond donors (Lipinski definition) is 1. The molecule has 0 aromatic heterocycles. The molecule has 2 heteroatoms. The fourth-order valence-corrected chi connectivity index (χ4v) is 3.10. The highest BCUT2D eigenvalue weighted by Gasteiger charge is 2.33. The fraction of sp³-hybridized carbons (Fsp3) is 1.00. The number of nitrogens with one attached hydrogen (secondary N) is 1. The highest BCUT2D eigenvalue weighted by molar-refractivity contribution is 4.89. The first-order valence-electron chi connectivity index (χ1n) is 6.52. The SMILES string of the molecule is CN[C@H]1CCN(C2CCC(C)(C)CC2)C1. The molecule has 2 rings (SSSR count). The van der Waals surface area contributed by atoms with Gasteiger partial charge in [0.15, 0.2) is 0 Å². The lowest BCUT2D eigenvalue weighted by Crippen LogP contribution is -2.40. The summed E-state index contributed by atoms with van der Waals surface area (Å²) in [6.45, 7) is 7.44. The summed E-state index contributed by atoms with van der Waals surface area (Å²) in [7, 11) is 2.10. The Kier molecular flexibility index (Phi) is 3.36. The van der Waals surface area contributed by atoms with Crippen LogP contribution in [0.15, 0.2) is 0 Å². The van der Waals surface area contributed by atoms with E-state index in [1.54, 1.807) is 0 Å². The first-order chi connectivity index (χ1) is 7.11. The highest BCUT2D eigenvalue weighted by Crippen LogP contribution is 2.37. The molecule has 0 bridgehead atoms. The second kappa shape index (κ2) is 4.42. The molecule has 2 fully saturated rings. The molecule has 0 spiro atoms. The molecule has 15 heavy (non-hydrogen) atoms. The molecule has 0 amide bonds. The molecule has 1 N–H and O–H groups in total. The third kappa shape index (κ3) is 2.73. The molecule has 1 saturated heterocycles. The van der Waals surface area contributed by atoms with Crippen molar-refractivity contribution in [2.24, 2.45) is 5.41 Å². The van der Waals surface area contributed by atoms with Crippen LogP contribution in [0.2, 0.25) is 0 Å². The number of nitrogens with zero attached hydrogens (tertiary/aromatic N) is 1. The third-order valence-corrected chi connectivity index (χ3v) is 4.45. The minimum Gasteiger partial charge on any atom is -0.316 e. The summed E-state index contributed by atoms with van der Waals surface area (Å²) >= 11 is 0. The summed E-state index contributed by atoms with van der Waals surface area (Å²) < 4.78 is 0. The Morgan fingerprint density at radius 1 is 1.13 bits per heavy atom. The van der Waals surface area contributed by atoms with Gasteiger partial charge in [-0.2, -0.15) is 0 Å². The van der Waals surface area contributed by atoms with Gasteiger partial charge in [-0.3, -0.25) is 4.90 Å². The average Bonchev–Trinajstić information content (AvgIpc) is 2.66. The molecular weight excluding hydrogens is 184 g/mol. The largest absolute Gasteiger partial charge is 0.316 e. The summed E-state index contributed by atoms with van der Waals surface area (Å²) in [6.07, 6.45) is 7.01. The van der Waals surface area contributed by atoms with Gasteiger partial charge in [-0.1, -0.05) is 13.8 Å². The second-order valence-corrected chi connectivity index (χ2v) is 6.16. The summed E-state index contributed by atoms with van der Waals surface area (Å²) in [5.74, 6) is 0. The lowest BCUT2D eigenvalue weighted by molar-refractivity contribution is 0.125. The van der Waals surface area contributed by atoms with Crippen LogP contribution in [-0.2, 0) is 0 Å². The summed E-state index contributed by atoms with van der Waals surface area (Å²) in [5.41, 5.74) is 0.610. The van der Waals surface area contributed by atoms with Gasteiger partial charge < -0.3 is 5.32 Å². The average molecular weight is 210 g/mol. The second-order valence-electron chi connectivity index (χ2n) is 6.16. The van der Waals surface area contributed by atoms with Gasteiger partial charge >= 0.3 is 0 Å². The quantitative estimate of drug-likeness (QED) is 0.752. The van der Waals surface area contributed by atoms with Crippen molar-refractivity contribution in [1.29, 1.82) is 0 Å². The maximum Gasteiger partial charge on any atom is 0.0204 e. The van der Waals surface area contributed by atoms with E-state index in [1.165, 1.54) is 45.2 Å². The minimum atomic E-state index is 0.610. The van der Waals surface area contributed by atoms with E-state index in [9.17, 15) is 0 Å². The van der Waals surface area contributed by atoms with E-state index in [4.69, 9.17) is 0 Å². The van der Waals surface area contributed by atoms with E-state index in [0.717, 1.165) is 12.1 Å². The zero-order valence-electron chi connectivity index (χ0n) is 10.6. The molecule has 0 radical (unpaired) electrons. The number of hydrogen-bond acceptors (Lipinski definition) is 2. The topological polar surface area (TPSA) is 15.3 Å². The monoisotopic (exact) mass is 210 g/mol. The van der Waals surface area contributed by atoms with Crippen molar-refractivity contribution in [3.63, 3.8) is 0 Å². The van der Waals surface area contributed by atoms with Crippen molar-refractivity contribution in [1.82, 2.24) is 10.2 Å². The van der Waals surface area contributed by atoms with Crippen molar-refractivity contribution in [2.45, 2.75) is 58.0 Å². The maximum absolute atomic E-state index is 3.41. The molecule has 88 valence electrons. The Morgan fingerprint density at radius 3 is 2.33 bits per heavy atom. The molecule has 1 aliphatic heterocycles. The summed E-state index contributed by atoms with van der Waals surface area (Å²) in [6, 6.07) is 1.64. The van der Waals surface area contributed by atoms with Gasteiger partial charge in [-0.15, -0.1) is 0 Å². The summed E-state index contributed by atoms with van der Waals surface area (Å²) in [4.78, 5) is 2.72. The van der Waals surface area contributed by atoms with Gasteiger partial charge in [-0.05, 0) is 44.6 Å². The van der Waals surface area contributed by atoms with Gasteiger partial charge in [-0.25, -0.2) is 0 Å². The van der Waals surface area contributed by atoms with E-state index in [1.807, 2.05) is 0 Å². The number of likely N-dealkylation sites (N-methyl/N-ethyl adjacent to an activating group) is 1. The van der Waals surface area contributed by atoms with Crippen molar-refractivity contribution >= 4 is 0 Å². The highest BCUT2D eigenvalue weighted by atomic mass is 15.2. The van der Waals surface area contributed by atoms with Crippen LogP contribution in [0.4, 0.5) is 0 Å². The zero-order chi connectivity index (χ0) is 10.9. The molecular formula is C13H26N2. The third-order valence-electron chi connectivity index (χ3n) is 4.45. The van der Waals surface area contributed by atoms with Crippen LogP contribution in [0.25, 0.3) is 0 Å². The van der Waals surface area contributed by atoms with E-state index >= 15 is 0 Å². The van der Waals surface area contributed by atoms with E-state index < -0.39 is 0 Å². The molecule has 1 saturated carbocycles. The van der Waals surface area contributed by atoms with Gasteiger partial charge in [0.05, 0.1) is 0 Å². The van der Waals surface area contributed by atoms with E-state index in [-0.39, 0.29) is 0 Å². The van der Waals surface area contributed by atoms with Crippen LogP contribution in [0, 0.1) is 5.41 Å². The number of likely N-dealkylation sites (tertiary alicyclic amines) is 1. The molecule has 0 aromatic carbocycles. The van der Waals surface area contributed by atoms with Crippen molar-refractivity contribution < 1.29 is 0 Å². The minimum absolute atomic E-state index is 0.610. The van der Waals surface area contributed by atoms with Crippen molar-refractivity contribution in [2.75, 3.05) is 20.1 Å². The first-order valence-corrected chi connectivity index (χ1v) is 6.52. The van der Waals surface area contributed by atoms with Crippen LogP contribution < -0.4 is 5.32 Å². The fourth-order valence-electron chi connectivity index (χ4n) is 3.10. The normalized spacial score (nSPS) is 33.4. The molecule has 1 atom stereocenters. The van der Waals surface area contributed by atoms with Gasteiger partial charge in [0, 0.05) is 25.2 Å². The molecule has 1 heterocycles. The van der Waals surface area contributed by atoms with Crippen LogP contribution in [0.1, 0.15) is 46.0 Å². The Balaban J connectivity index is 1.81. The lowest BCUT2D eigenvalue weighted by Gasteiger charge is -2.38. The molecule has 0 unspecified atom stereocenters. The van der Waals surface area contributed by atoms with Gasteiger partial charge in [0.1, 0.15) is 0 Å². The summed E-state index contributed by atoms with van der Waals surface area (Å²) in [5, 5.41) is 3.41. The smallest absolute Gasteiger partial charge is 0.0204 e. The van der Waals surface area contributed by atoms with Gasteiger partial charge in [0.25, 0.3) is 0 Å². The van der Waals surface area contributed by atoms with E-state index in [0.29, 0.717) is 5.41 Å². The van der Waals surface area contributed by atoms with Crippen LogP contribution >= 0.6 is 0 Å². The Bertz CT molecular complexity index is 203. The van der Waals surface area contributed by atoms with Gasteiger partial charge in [0.2, 0.25) is 0 Å². The number of rotatable bonds is 2. The van der Waals surface area contributed by atoms with E-state index in [2.05, 4.69) is 31.1 Å².